The molecule has 0 bridgehead atoms. The van der Waals surface area contributed by atoms with Crippen LogP contribution in [-0.2, 0) is 0 Å². The first-order chi connectivity index (χ1) is 8.90. The first kappa shape index (κ1) is 11.7. The summed E-state index contributed by atoms with van der Waals surface area (Å²) < 4.78 is 0. The molecule has 0 aliphatic heterocycles. The van der Waals surface area contributed by atoms with Crippen molar-refractivity contribution in [2.24, 2.45) is 0 Å². The fourth-order valence-electron chi connectivity index (χ4n) is 3.28. The fourth-order valence-corrected chi connectivity index (χ4v) is 3.28. The number of pyridine rings is 1. The van der Waals surface area contributed by atoms with Gasteiger partial charge in [0.25, 0.3) is 0 Å². The number of fused-ring (bicyclic) bond motifs is 1. The molecule has 1 aliphatic rings. The molecule has 0 spiro atoms. The van der Waals surface area contributed by atoms with Crippen LogP contribution in [0.3, 0.4) is 0 Å². The maximum atomic E-state index is 4.60. The summed E-state index contributed by atoms with van der Waals surface area (Å²) in [6, 6.07) is 11.4. The molecule has 1 N–H and O–H groups in total. The molecule has 1 aromatic heterocycles. The maximum absolute atomic E-state index is 4.60. The van der Waals surface area contributed by atoms with Crippen molar-refractivity contribution in [3.63, 3.8) is 0 Å². The molecule has 2 unspecified atom stereocenters. The van der Waals surface area contributed by atoms with Crippen LogP contribution in [0.4, 0.5) is 0 Å². The second-order valence-corrected chi connectivity index (χ2v) is 5.21. The highest BCUT2D eigenvalue weighted by Crippen LogP contribution is 2.35. The summed E-state index contributed by atoms with van der Waals surface area (Å²) in [6.07, 6.45) is 7.15. The summed E-state index contributed by atoms with van der Waals surface area (Å²) in [6.45, 7) is 0. The van der Waals surface area contributed by atoms with Gasteiger partial charge in [0.05, 0.1) is 5.52 Å². The van der Waals surface area contributed by atoms with E-state index in [4.69, 9.17) is 0 Å². The van der Waals surface area contributed by atoms with Crippen molar-refractivity contribution in [3.8, 4) is 0 Å². The van der Waals surface area contributed by atoms with Gasteiger partial charge in [0.1, 0.15) is 0 Å². The van der Waals surface area contributed by atoms with Crippen molar-refractivity contribution in [2.45, 2.75) is 37.6 Å². The van der Waals surface area contributed by atoms with Crippen LogP contribution >= 0.6 is 0 Å². The van der Waals surface area contributed by atoms with Crippen LogP contribution in [0.1, 0.15) is 37.2 Å². The lowest BCUT2D eigenvalue weighted by molar-refractivity contribution is 0.345. The Morgan fingerprint density at radius 3 is 2.83 bits per heavy atom. The lowest BCUT2D eigenvalue weighted by Gasteiger charge is -2.32. The van der Waals surface area contributed by atoms with Crippen molar-refractivity contribution in [3.05, 3.63) is 42.1 Å². The summed E-state index contributed by atoms with van der Waals surface area (Å²) >= 11 is 0. The van der Waals surface area contributed by atoms with E-state index in [1.54, 1.807) is 0 Å². The van der Waals surface area contributed by atoms with Gasteiger partial charge >= 0.3 is 0 Å². The number of benzene rings is 1. The second-order valence-electron chi connectivity index (χ2n) is 5.21. The van der Waals surface area contributed by atoms with Crippen LogP contribution in [0.15, 0.2) is 36.5 Å². The Hall–Kier alpha value is -1.41. The minimum Gasteiger partial charge on any atom is -0.316 e. The van der Waals surface area contributed by atoms with Crippen LogP contribution in [0.5, 0.6) is 0 Å². The average Bonchev–Trinajstić information content (AvgIpc) is 2.46. The Kier molecular flexibility index (Phi) is 3.28. The molecule has 94 valence electrons. The number of likely N-dealkylation sites (N-methyl/N-ethyl adjacent to an activating group) is 1. The number of para-hydroxylation sites is 1. The third-order valence-corrected chi connectivity index (χ3v) is 4.20. The van der Waals surface area contributed by atoms with Crippen LogP contribution in [0.2, 0.25) is 0 Å². The number of rotatable bonds is 2. The fraction of sp³-hybridized carbons (Fsp3) is 0.438. The molecule has 0 radical (unpaired) electrons. The van der Waals surface area contributed by atoms with Crippen LogP contribution < -0.4 is 5.32 Å². The topological polar surface area (TPSA) is 24.9 Å². The van der Waals surface area contributed by atoms with Crippen LogP contribution in [0, 0.1) is 0 Å². The molecule has 2 atom stereocenters. The molecule has 1 aromatic carbocycles. The third kappa shape index (κ3) is 2.01. The van der Waals surface area contributed by atoms with Gasteiger partial charge in [0.15, 0.2) is 0 Å². The smallest absolute Gasteiger partial charge is 0.0737 e. The van der Waals surface area contributed by atoms with E-state index in [0.717, 1.165) is 0 Å². The number of hydrogen-bond donors (Lipinski definition) is 1. The van der Waals surface area contributed by atoms with Crippen molar-refractivity contribution in [2.75, 3.05) is 7.05 Å². The molecule has 0 amide bonds. The third-order valence-electron chi connectivity index (χ3n) is 4.20. The van der Waals surface area contributed by atoms with Crippen molar-refractivity contribution in [1.29, 1.82) is 0 Å². The zero-order chi connectivity index (χ0) is 12.4. The highest BCUT2D eigenvalue weighted by atomic mass is 14.9. The molecule has 1 saturated carbocycles. The van der Waals surface area contributed by atoms with Gasteiger partial charge in [-0.2, -0.15) is 0 Å². The molecule has 1 fully saturated rings. The van der Waals surface area contributed by atoms with E-state index in [-0.39, 0.29) is 0 Å². The predicted molar refractivity (Wildman–Crippen MR) is 75.8 cm³/mol. The molecular weight excluding hydrogens is 220 g/mol. The van der Waals surface area contributed by atoms with Crippen LogP contribution in [-0.4, -0.2) is 18.1 Å². The summed E-state index contributed by atoms with van der Waals surface area (Å²) in [4.78, 5) is 4.60. The number of nitrogens with one attached hydrogen (secondary N) is 1. The number of nitrogens with zero attached hydrogens (tertiary/aromatic N) is 1. The van der Waals surface area contributed by atoms with E-state index < -0.39 is 0 Å². The molecule has 2 nitrogen and oxygen atoms in total. The predicted octanol–water partition coefficient (Wildman–Crippen LogP) is 3.48. The Labute approximate surface area is 108 Å². The molecule has 2 aromatic rings. The highest BCUT2D eigenvalue weighted by molar-refractivity contribution is 5.82. The normalized spacial score (nSPS) is 24.3. The molecule has 3 rings (SSSR count). The molecule has 2 heteroatoms. The lowest BCUT2D eigenvalue weighted by atomic mass is 9.79. The average molecular weight is 240 g/mol. The van der Waals surface area contributed by atoms with Gasteiger partial charge in [0.2, 0.25) is 0 Å². The zero-order valence-corrected chi connectivity index (χ0v) is 10.9. The van der Waals surface area contributed by atoms with Crippen molar-refractivity contribution in [1.82, 2.24) is 10.3 Å². The number of hydrogen-bond acceptors (Lipinski definition) is 2. The molecule has 1 heterocycles. The zero-order valence-electron chi connectivity index (χ0n) is 10.9. The summed E-state index contributed by atoms with van der Waals surface area (Å²) in [7, 11) is 2.08. The van der Waals surface area contributed by atoms with E-state index in [1.165, 1.54) is 42.1 Å². The van der Waals surface area contributed by atoms with E-state index in [0.29, 0.717) is 12.0 Å². The van der Waals surface area contributed by atoms with E-state index in [9.17, 15) is 0 Å². The monoisotopic (exact) mass is 240 g/mol. The van der Waals surface area contributed by atoms with E-state index in [2.05, 4.69) is 41.6 Å². The van der Waals surface area contributed by atoms with Crippen LogP contribution in [0.25, 0.3) is 10.9 Å². The van der Waals surface area contributed by atoms with Gasteiger partial charge < -0.3 is 5.32 Å². The Bertz CT molecular complexity index is 530. The summed E-state index contributed by atoms with van der Waals surface area (Å²) in [5, 5.41) is 4.75. The number of aromatic nitrogens is 1. The summed E-state index contributed by atoms with van der Waals surface area (Å²) in [5.41, 5.74) is 2.61. The van der Waals surface area contributed by atoms with Gasteiger partial charge in [-0.1, -0.05) is 37.1 Å². The maximum Gasteiger partial charge on any atom is 0.0737 e. The Balaban J connectivity index is 2.07. The van der Waals surface area contributed by atoms with Crippen molar-refractivity contribution < 1.29 is 0 Å². The second kappa shape index (κ2) is 5.07. The minimum atomic E-state index is 0.603. The largest absolute Gasteiger partial charge is 0.316 e. The standard InChI is InChI=1S/C16H20N2/c1-17-15-10-3-2-8-13(15)14-9-4-6-12-7-5-11-18-16(12)14/h4-7,9,11,13,15,17H,2-3,8,10H2,1H3. The van der Waals surface area contributed by atoms with Gasteiger partial charge in [-0.05, 0) is 31.5 Å². The molecular formula is C16H20N2. The lowest BCUT2D eigenvalue weighted by Crippen LogP contribution is -2.34. The van der Waals surface area contributed by atoms with E-state index in [1.807, 2.05) is 12.3 Å². The Morgan fingerprint density at radius 1 is 1.11 bits per heavy atom. The highest BCUT2D eigenvalue weighted by Gasteiger charge is 2.26. The van der Waals surface area contributed by atoms with Gasteiger partial charge in [0, 0.05) is 23.5 Å². The molecule has 18 heavy (non-hydrogen) atoms. The molecule has 1 aliphatic carbocycles. The van der Waals surface area contributed by atoms with Gasteiger partial charge in [-0.25, -0.2) is 0 Å². The van der Waals surface area contributed by atoms with Gasteiger partial charge in [-0.3, -0.25) is 4.98 Å². The first-order valence-corrected chi connectivity index (χ1v) is 6.91. The van der Waals surface area contributed by atoms with Crippen molar-refractivity contribution >= 4 is 10.9 Å². The van der Waals surface area contributed by atoms with E-state index >= 15 is 0 Å². The van der Waals surface area contributed by atoms with Gasteiger partial charge in [-0.15, -0.1) is 0 Å². The first-order valence-electron chi connectivity index (χ1n) is 6.91. The summed E-state index contributed by atoms with van der Waals surface area (Å²) in [5.74, 6) is 0.613. The quantitative estimate of drug-likeness (QED) is 0.869. The minimum absolute atomic E-state index is 0.603. The SMILES string of the molecule is CNC1CCCCC1c1cccc2cccnc12. The molecule has 0 saturated heterocycles. The Morgan fingerprint density at radius 2 is 1.94 bits per heavy atom.